The Hall–Kier alpha value is -0.120. The minimum Gasteiger partial charge on any atom is -0.393 e. The molecule has 0 bridgehead atoms. The molecule has 0 aromatic heterocycles. The van der Waals surface area contributed by atoms with Gasteiger partial charge >= 0.3 is 0 Å². The van der Waals surface area contributed by atoms with Gasteiger partial charge in [0.05, 0.1) is 6.10 Å². The molecule has 1 rings (SSSR count). The molecule has 0 spiro atoms. The second-order valence-corrected chi connectivity index (χ2v) is 4.80. The molecule has 0 heterocycles. The number of methoxy groups -OCH3 is 1. The van der Waals surface area contributed by atoms with Gasteiger partial charge in [-0.05, 0) is 30.6 Å². The fourth-order valence-electron chi connectivity index (χ4n) is 2.15. The van der Waals surface area contributed by atoms with Crippen molar-refractivity contribution in [1.29, 1.82) is 0 Å². The molecule has 0 aromatic carbocycles. The third-order valence-electron chi connectivity index (χ3n) is 2.99. The number of hydrogen-bond donors (Lipinski definition) is 2. The normalized spacial score (nSPS) is 30.2. The highest BCUT2D eigenvalue weighted by Gasteiger charge is 2.28. The van der Waals surface area contributed by atoms with Gasteiger partial charge in [0.1, 0.15) is 0 Å². The van der Waals surface area contributed by atoms with E-state index in [0.29, 0.717) is 11.8 Å². The van der Waals surface area contributed by atoms with Gasteiger partial charge in [-0.3, -0.25) is 0 Å². The lowest BCUT2D eigenvalue weighted by Crippen LogP contribution is -2.31. The third kappa shape index (κ3) is 6.88. The molecular weight excluding hydrogens is 190 g/mol. The molecule has 0 amide bonds. The molecule has 1 fully saturated rings. The predicted octanol–water partition coefficient (Wildman–Crippen LogP) is 2.86. The summed E-state index contributed by atoms with van der Waals surface area (Å²) in [6.45, 7) is 6.66. The predicted molar refractivity (Wildman–Crippen MR) is 65.3 cm³/mol. The van der Waals surface area contributed by atoms with Crippen LogP contribution >= 0.6 is 0 Å². The van der Waals surface area contributed by atoms with Crippen LogP contribution in [0.3, 0.4) is 0 Å². The highest BCUT2D eigenvalue weighted by Crippen LogP contribution is 2.33. The minimum absolute atomic E-state index is 0. The molecule has 1 saturated carbocycles. The smallest absolute Gasteiger partial charge is 0.0573 e. The zero-order valence-electron chi connectivity index (χ0n) is 11.0. The number of hydrogen-bond acceptors (Lipinski definition) is 3. The second-order valence-electron chi connectivity index (χ2n) is 4.80. The van der Waals surface area contributed by atoms with Crippen molar-refractivity contribution in [3.63, 3.8) is 0 Å². The molecule has 3 atom stereocenters. The van der Waals surface area contributed by atoms with Gasteiger partial charge in [-0.15, -0.1) is 0 Å². The van der Waals surface area contributed by atoms with E-state index in [4.69, 9.17) is 0 Å². The van der Waals surface area contributed by atoms with Crippen LogP contribution in [0.5, 0.6) is 0 Å². The van der Waals surface area contributed by atoms with Crippen LogP contribution in [0.4, 0.5) is 0 Å². The van der Waals surface area contributed by atoms with E-state index in [-0.39, 0.29) is 12.3 Å². The lowest BCUT2D eigenvalue weighted by Gasteiger charge is -2.33. The van der Waals surface area contributed by atoms with Crippen LogP contribution in [0.1, 0.15) is 40.0 Å². The summed E-state index contributed by atoms with van der Waals surface area (Å²) in [5.41, 5.74) is 0. The van der Waals surface area contributed by atoms with Crippen molar-refractivity contribution in [3.8, 4) is 0 Å². The minimum atomic E-state index is -0.0289. The van der Waals surface area contributed by atoms with Crippen LogP contribution in [0.25, 0.3) is 0 Å². The fraction of sp³-hybridized carbons (Fsp3) is 1.00. The van der Waals surface area contributed by atoms with Crippen LogP contribution < -0.4 is 6.15 Å². The van der Waals surface area contributed by atoms with E-state index < -0.39 is 0 Å². The topological polar surface area (TPSA) is 64.5 Å². The average Bonchev–Trinajstić information content (AvgIpc) is 2.04. The Morgan fingerprint density at radius 2 is 1.67 bits per heavy atom. The molecule has 0 aliphatic heterocycles. The first-order chi connectivity index (χ1) is 6.52. The van der Waals surface area contributed by atoms with Gasteiger partial charge in [0.15, 0.2) is 0 Å². The van der Waals surface area contributed by atoms with Gasteiger partial charge in [-0.25, -0.2) is 0 Å². The molecule has 1 aliphatic carbocycles. The van der Waals surface area contributed by atoms with E-state index in [0.717, 1.165) is 12.3 Å². The summed E-state index contributed by atoms with van der Waals surface area (Å²) in [7, 11) is 3.25. The molecule has 15 heavy (non-hydrogen) atoms. The van der Waals surface area contributed by atoms with Crippen molar-refractivity contribution >= 4 is 0 Å². The maximum Gasteiger partial charge on any atom is 0.0573 e. The molecule has 3 heteroatoms. The van der Waals surface area contributed by atoms with Gasteiger partial charge in [-0.1, -0.05) is 27.2 Å². The summed E-state index contributed by atoms with van der Waals surface area (Å²) in [6, 6.07) is 0. The highest BCUT2D eigenvalue weighted by atomic mass is 16.4. The van der Waals surface area contributed by atoms with E-state index in [1.807, 2.05) is 0 Å². The Kier molecular flexibility index (Phi) is 10.5. The maximum absolute atomic E-state index is 9.71. The molecular formula is C12H29NO2. The van der Waals surface area contributed by atoms with Gasteiger partial charge < -0.3 is 16.0 Å². The lowest BCUT2D eigenvalue weighted by atomic mass is 9.75. The van der Waals surface area contributed by atoms with Gasteiger partial charge in [0, 0.05) is 14.2 Å². The van der Waals surface area contributed by atoms with E-state index in [2.05, 4.69) is 25.5 Å². The Labute approximate surface area is 94.8 Å². The maximum atomic E-state index is 9.71. The zero-order valence-corrected chi connectivity index (χ0v) is 11.0. The van der Waals surface area contributed by atoms with Crippen LogP contribution in [-0.4, -0.2) is 25.4 Å². The van der Waals surface area contributed by atoms with Crippen molar-refractivity contribution in [2.45, 2.75) is 46.1 Å². The Morgan fingerprint density at radius 3 is 2.00 bits per heavy atom. The average molecular weight is 219 g/mol. The summed E-state index contributed by atoms with van der Waals surface area (Å²) >= 11 is 0. The first-order valence-corrected chi connectivity index (χ1v) is 5.61. The molecule has 0 saturated heterocycles. The summed E-state index contributed by atoms with van der Waals surface area (Å²) in [4.78, 5) is 0. The summed E-state index contributed by atoms with van der Waals surface area (Å²) in [6.07, 6.45) is 3.52. The van der Waals surface area contributed by atoms with Crippen LogP contribution in [-0.2, 0) is 4.74 Å². The van der Waals surface area contributed by atoms with E-state index in [1.165, 1.54) is 12.8 Å². The van der Waals surface area contributed by atoms with Crippen molar-refractivity contribution in [2.75, 3.05) is 14.2 Å². The first-order valence-electron chi connectivity index (χ1n) is 5.61. The van der Waals surface area contributed by atoms with Crippen molar-refractivity contribution in [2.24, 2.45) is 17.8 Å². The van der Waals surface area contributed by atoms with E-state index >= 15 is 0 Å². The fourth-order valence-corrected chi connectivity index (χ4v) is 2.15. The van der Waals surface area contributed by atoms with E-state index in [1.54, 1.807) is 14.2 Å². The summed E-state index contributed by atoms with van der Waals surface area (Å²) in [5.74, 6) is 1.95. The zero-order chi connectivity index (χ0) is 11.1. The SMILES string of the molecule is CC1CCC(C(C)C)C(O)C1.COC.N. The van der Waals surface area contributed by atoms with Gasteiger partial charge in [-0.2, -0.15) is 0 Å². The highest BCUT2D eigenvalue weighted by molar-refractivity contribution is 4.79. The van der Waals surface area contributed by atoms with Crippen LogP contribution in [0.15, 0.2) is 0 Å². The van der Waals surface area contributed by atoms with Crippen molar-refractivity contribution in [3.05, 3.63) is 0 Å². The van der Waals surface area contributed by atoms with Crippen LogP contribution in [0, 0.1) is 17.8 Å². The Balaban J connectivity index is 0. The molecule has 0 radical (unpaired) electrons. The molecule has 3 unspecified atom stereocenters. The second kappa shape index (κ2) is 9.13. The van der Waals surface area contributed by atoms with Crippen molar-refractivity contribution in [1.82, 2.24) is 6.15 Å². The molecule has 94 valence electrons. The van der Waals surface area contributed by atoms with Crippen LogP contribution in [0.2, 0.25) is 0 Å². The van der Waals surface area contributed by atoms with Gasteiger partial charge in [0.2, 0.25) is 0 Å². The standard InChI is InChI=1S/C10H20O.C2H6O.H3N/c1-7(2)9-5-4-8(3)6-10(9)11;1-3-2;/h7-11H,4-6H2,1-3H3;1-2H3;1H3. The Bertz CT molecular complexity index is 140. The number of aliphatic hydroxyl groups is 1. The van der Waals surface area contributed by atoms with E-state index in [9.17, 15) is 5.11 Å². The van der Waals surface area contributed by atoms with Gasteiger partial charge in [0.25, 0.3) is 0 Å². The third-order valence-corrected chi connectivity index (χ3v) is 2.99. The molecule has 1 aliphatic rings. The molecule has 0 aromatic rings. The quantitative estimate of drug-likeness (QED) is 0.712. The monoisotopic (exact) mass is 219 g/mol. The Morgan fingerprint density at radius 1 is 1.20 bits per heavy atom. The first kappa shape index (κ1) is 17.3. The largest absolute Gasteiger partial charge is 0.393 e. The lowest BCUT2D eigenvalue weighted by molar-refractivity contribution is 0.0266. The number of ether oxygens (including phenoxy) is 1. The molecule has 3 nitrogen and oxygen atoms in total. The molecule has 4 N–H and O–H groups in total. The van der Waals surface area contributed by atoms with Crippen molar-refractivity contribution < 1.29 is 9.84 Å². The summed E-state index contributed by atoms with van der Waals surface area (Å²) < 4.78 is 4.25. The summed E-state index contributed by atoms with van der Waals surface area (Å²) in [5, 5.41) is 9.71. The number of aliphatic hydroxyl groups excluding tert-OH is 1. The number of rotatable bonds is 1.